The summed E-state index contributed by atoms with van der Waals surface area (Å²) in [5.74, 6) is 0.924. The maximum Gasteiger partial charge on any atom is 0.118 e. The van der Waals surface area contributed by atoms with Crippen molar-refractivity contribution in [3.05, 3.63) is 29.8 Å². The van der Waals surface area contributed by atoms with Gasteiger partial charge in [0.1, 0.15) is 5.75 Å². The molecule has 1 fully saturated rings. The minimum absolute atomic E-state index is 0.358. The van der Waals surface area contributed by atoms with E-state index in [0.717, 1.165) is 31.9 Å². The molecule has 0 saturated carbocycles. The minimum atomic E-state index is 0.358. The van der Waals surface area contributed by atoms with Crippen LogP contribution in [0.3, 0.4) is 0 Å². The molecular formula is C15H24N2O. The zero-order valence-corrected chi connectivity index (χ0v) is 11.5. The van der Waals surface area contributed by atoms with Gasteiger partial charge in [-0.05, 0) is 55.6 Å². The topological polar surface area (TPSA) is 38.5 Å². The van der Waals surface area contributed by atoms with E-state index >= 15 is 0 Å². The molecule has 0 spiro atoms. The van der Waals surface area contributed by atoms with Crippen molar-refractivity contribution in [3.8, 4) is 5.75 Å². The van der Waals surface area contributed by atoms with Gasteiger partial charge >= 0.3 is 0 Å². The number of piperidine rings is 1. The van der Waals surface area contributed by atoms with E-state index in [0.29, 0.717) is 5.41 Å². The summed E-state index contributed by atoms with van der Waals surface area (Å²) in [7, 11) is 1.70. The van der Waals surface area contributed by atoms with Gasteiger partial charge < -0.3 is 10.5 Å². The predicted octanol–water partition coefficient (Wildman–Crippen LogP) is 2.26. The summed E-state index contributed by atoms with van der Waals surface area (Å²) in [6.45, 7) is 6.45. The molecule has 1 aliphatic rings. The van der Waals surface area contributed by atoms with Crippen molar-refractivity contribution >= 4 is 0 Å². The van der Waals surface area contributed by atoms with Crippen molar-refractivity contribution in [1.82, 2.24) is 4.90 Å². The Hall–Kier alpha value is -1.06. The van der Waals surface area contributed by atoms with Gasteiger partial charge in [-0.15, -0.1) is 0 Å². The molecule has 1 aliphatic heterocycles. The SMILES string of the molecule is COc1ccc(CN2CCC(C)(CN)CC2)cc1. The molecule has 18 heavy (non-hydrogen) atoms. The van der Waals surface area contributed by atoms with E-state index in [1.807, 2.05) is 12.1 Å². The molecule has 0 radical (unpaired) electrons. The van der Waals surface area contributed by atoms with Crippen LogP contribution in [0.4, 0.5) is 0 Å². The summed E-state index contributed by atoms with van der Waals surface area (Å²) >= 11 is 0. The zero-order chi connectivity index (χ0) is 13.0. The van der Waals surface area contributed by atoms with E-state index in [1.54, 1.807) is 7.11 Å². The molecule has 1 saturated heterocycles. The molecule has 0 aromatic heterocycles. The van der Waals surface area contributed by atoms with Gasteiger partial charge in [0.25, 0.3) is 0 Å². The van der Waals surface area contributed by atoms with Crippen LogP contribution < -0.4 is 10.5 Å². The van der Waals surface area contributed by atoms with Crippen LogP contribution in [-0.2, 0) is 6.54 Å². The highest BCUT2D eigenvalue weighted by Crippen LogP contribution is 2.30. The zero-order valence-electron chi connectivity index (χ0n) is 11.5. The second kappa shape index (κ2) is 5.72. The molecule has 0 amide bonds. The quantitative estimate of drug-likeness (QED) is 0.888. The molecule has 0 unspecified atom stereocenters. The monoisotopic (exact) mass is 248 g/mol. The van der Waals surface area contributed by atoms with Gasteiger partial charge in [-0.3, -0.25) is 4.90 Å². The van der Waals surface area contributed by atoms with E-state index in [-0.39, 0.29) is 0 Å². The highest BCUT2D eigenvalue weighted by Gasteiger charge is 2.28. The van der Waals surface area contributed by atoms with Crippen LogP contribution in [0.5, 0.6) is 5.75 Å². The number of nitrogens with two attached hydrogens (primary N) is 1. The summed E-state index contributed by atoms with van der Waals surface area (Å²) in [5, 5.41) is 0. The summed E-state index contributed by atoms with van der Waals surface area (Å²) in [6.07, 6.45) is 2.42. The minimum Gasteiger partial charge on any atom is -0.497 e. The van der Waals surface area contributed by atoms with Crippen LogP contribution in [0.2, 0.25) is 0 Å². The Labute approximate surface area is 110 Å². The highest BCUT2D eigenvalue weighted by atomic mass is 16.5. The second-order valence-corrected chi connectivity index (χ2v) is 5.64. The molecule has 1 heterocycles. The lowest BCUT2D eigenvalue weighted by Gasteiger charge is -2.38. The van der Waals surface area contributed by atoms with Crippen molar-refractivity contribution in [2.45, 2.75) is 26.3 Å². The summed E-state index contributed by atoms with van der Waals surface area (Å²) < 4.78 is 5.17. The van der Waals surface area contributed by atoms with Gasteiger partial charge in [-0.1, -0.05) is 19.1 Å². The van der Waals surface area contributed by atoms with Crippen LogP contribution in [-0.4, -0.2) is 31.6 Å². The molecule has 3 nitrogen and oxygen atoms in total. The van der Waals surface area contributed by atoms with Crippen molar-refractivity contribution in [2.75, 3.05) is 26.7 Å². The van der Waals surface area contributed by atoms with E-state index in [9.17, 15) is 0 Å². The van der Waals surface area contributed by atoms with Crippen LogP contribution in [0.25, 0.3) is 0 Å². The van der Waals surface area contributed by atoms with E-state index in [2.05, 4.69) is 24.0 Å². The highest BCUT2D eigenvalue weighted by molar-refractivity contribution is 5.27. The molecule has 2 rings (SSSR count). The number of methoxy groups -OCH3 is 1. The molecule has 0 aliphatic carbocycles. The maximum atomic E-state index is 5.84. The van der Waals surface area contributed by atoms with Crippen LogP contribution in [0.15, 0.2) is 24.3 Å². The molecular weight excluding hydrogens is 224 g/mol. The van der Waals surface area contributed by atoms with Crippen LogP contribution in [0, 0.1) is 5.41 Å². The van der Waals surface area contributed by atoms with Crippen molar-refractivity contribution in [1.29, 1.82) is 0 Å². The first-order chi connectivity index (χ1) is 8.65. The van der Waals surface area contributed by atoms with Crippen molar-refractivity contribution < 1.29 is 4.74 Å². The largest absolute Gasteiger partial charge is 0.497 e. The number of benzene rings is 1. The fourth-order valence-electron chi connectivity index (χ4n) is 2.44. The Kier molecular flexibility index (Phi) is 4.25. The van der Waals surface area contributed by atoms with Gasteiger partial charge in [0, 0.05) is 6.54 Å². The first kappa shape index (κ1) is 13.4. The summed E-state index contributed by atoms with van der Waals surface area (Å²) in [4.78, 5) is 2.51. The standard InChI is InChI=1S/C15H24N2O/c1-15(12-16)7-9-17(10-8-15)11-13-3-5-14(18-2)6-4-13/h3-6H,7-12,16H2,1-2H3. The first-order valence-electron chi connectivity index (χ1n) is 6.70. The van der Waals surface area contributed by atoms with Crippen molar-refractivity contribution in [3.63, 3.8) is 0 Å². The van der Waals surface area contributed by atoms with Crippen LogP contribution in [0.1, 0.15) is 25.3 Å². The Morgan fingerprint density at radius 2 is 1.83 bits per heavy atom. The first-order valence-corrected chi connectivity index (χ1v) is 6.70. The fourth-order valence-corrected chi connectivity index (χ4v) is 2.44. The number of hydrogen-bond acceptors (Lipinski definition) is 3. The third-order valence-corrected chi connectivity index (χ3v) is 4.12. The lowest BCUT2D eigenvalue weighted by Crippen LogP contribution is -2.41. The second-order valence-electron chi connectivity index (χ2n) is 5.64. The predicted molar refractivity (Wildman–Crippen MR) is 74.7 cm³/mol. The number of rotatable bonds is 4. The van der Waals surface area contributed by atoms with Gasteiger partial charge in [0.05, 0.1) is 7.11 Å². The molecule has 0 bridgehead atoms. The number of likely N-dealkylation sites (tertiary alicyclic amines) is 1. The van der Waals surface area contributed by atoms with Gasteiger partial charge in [0.15, 0.2) is 0 Å². The average molecular weight is 248 g/mol. The lowest BCUT2D eigenvalue weighted by atomic mass is 9.80. The number of hydrogen-bond donors (Lipinski definition) is 1. The molecule has 3 heteroatoms. The molecule has 2 N–H and O–H groups in total. The summed E-state index contributed by atoms with van der Waals surface area (Å²) in [5.41, 5.74) is 7.55. The number of ether oxygens (including phenoxy) is 1. The molecule has 100 valence electrons. The maximum absolute atomic E-state index is 5.84. The Bertz CT molecular complexity index is 367. The Morgan fingerprint density at radius 3 is 2.33 bits per heavy atom. The molecule has 0 atom stereocenters. The van der Waals surface area contributed by atoms with Gasteiger partial charge in [-0.2, -0.15) is 0 Å². The Morgan fingerprint density at radius 1 is 1.22 bits per heavy atom. The fraction of sp³-hybridized carbons (Fsp3) is 0.600. The number of nitrogens with zero attached hydrogens (tertiary/aromatic N) is 1. The van der Waals surface area contributed by atoms with E-state index in [4.69, 9.17) is 10.5 Å². The van der Waals surface area contributed by atoms with Gasteiger partial charge in [0.2, 0.25) is 0 Å². The molecule has 1 aromatic rings. The van der Waals surface area contributed by atoms with Gasteiger partial charge in [-0.25, -0.2) is 0 Å². The van der Waals surface area contributed by atoms with E-state index < -0.39 is 0 Å². The smallest absolute Gasteiger partial charge is 0.118 e. The lowest BCUT2D eigenvalue weighted by molar-refractivity contribution is 0.119. The molecule has 1 aromatic carbocycles. The van der Waals surface area contributed by atoms with E-state index in [1.165, 1.54) is 18.4 Å². The van der Waals surface area contributed by atoms with Crippen LogP contribution >= 0.6 is 0 Å². The average Bonchev–Trinajstić information content (AvgIpc) is 2.42. The van der Waals surface area contributed by atoms with Crippen molar-refractivity contribution in [2.24, 2.45) is 11.1 Å². The third-order valence-electron chi connectivity index (χ3n) is 4.12. The third kappa shape index (κ3) is 3.24. The normalized spacial score (nSPS) is 19.7. The summed E-state index contributed by atoms with van der Waals surface area (Å²) in [6, 6.07) is 8.36. The Balaban J connectivity index is 1.87.